The zero-order valence-corrected chi connectivity index (χ0v) is 15.7. The molecule has 2 aromatic carbocycles. The minimum atomic E-state index is -0.288. The smallest absolute Gasteiger partial charge is 0.161 e. The molecule has 1 aliphatic rings. The predicted molar refractivity (Wildman–Crippen MR) is 97.0 cm³/mol. The maximum absolute atomic E-state index is 6.30. The van der Waals surface area contributed by atoms with Crippen LogP contribution < -0.4 is 23.7 Å². The molecule has 0 N–H and O–H groups in total. The second-order valence-electron chi connectivity index (χ2n) is 5.94. The Morgan fingerprint density at radius 1 is 0.808 bits per heavy atom. The fourth-order valence-corrected chi connectivity index (χ4v) is 3.24. The van der Waals surface area contributed by atoms with E-state index >= 15 is 0 Å². The van der Waals surface area contributed by atoms with E-state index in [4.69, 9.17) is 28.4 Å². The van der Waals surface area contributed by atoms with Crippen molar-refractivity contribution in [1.29, 1.82) is 0 Å². The highest BCUT2D eigenvalue weighted by molar-refractivity contribution is 5.53. The van der Waals surface area contributed by atoms with Gasteiger partial charge in [0.1, 0.15) is 23.4 Å². The van der Waals surface area contributed by atoms with Gasteiger partial charge >= 0.3 is 0 Å². The molecule has 0 aliphatic carbocycles. The van der Waals surface area contributed by atoms with Gasteiger partial charge in [-0.3, -0.25) is 0 Å². The molecule has 1 unspecified atom stereocenters. The van der Waals surface area contributed by atoms with Gasteiger partial charge in [0.2, 0.25) is 0 Å². The Balaban J connectivity index is 2.02. The summed E-state index contributed by atoms with van der Waals surface area (Å²) in [4.78, 5) is 0. The maximum atomic E-state index is 6.30. The van der Waals surface area contributed by atoms with E-state index in [1.54, 1.807) is 35.5 Å². The number of fused-ring (bicyclic) bond motifs is 1. The van der Waals surface area contributed by atoms with Crippen LogP contribution in [0, 0.1) is 0 Å². The Kier molecular flexibility index (Phi) is 5.42. The van der Waals surface area contributed by atoms with E-state index in [-0.39, 0.29) is 12.2 Å². The largest absolute Gasteiger partial charge is 0.496 e. The van der Waals surface area contributed by atoms with Gasteiger partial charge in [-0.2, -0.15) is 0 Å². The number of rotatable bonds is 6. The van der Waals surface area contributed by atoms with Crippen molar-refractivity contribution in [2.24, 2.45) is 0 Å². The second kappa shape index (κ2) is 7.74. The molecule has 1 aliphatic heterocycles. The van der Waals surface area contributed by atoms with Crippen molar-refractivity contribution in [3.63, 3.8) is 0 Å². The quantitative estimate of drug-likeness (QED) is 0.787. The van der Waals surface area contributed by atoms with Gasteiger partial charge < -0.3 is 28.4 Å². The monoisotopic (exact) mass is 360 g/mol. The fraction of sp³-hybridized carbons (Fsp3) is 0.400. The summed E-state index contributed by atoms with van der Waals surface area (Å²) < 4.78 is 33.6. The van der Waals surface area contributed by atoms with Gasteiger partial charge in [-0.15, -0.1) is 0 Å². The number of benzene rings is 2. The highest BCUT2D eigenvalue weighted by atomic mass is 16.5. The zero-order chi connectivity index (χ0) is 18.7. The van der Waals surface area contributed by atoms with Gasteiger partial charge in [0.15, 0.2) is 17.6 Å². The van der Waals surface area contributed by atoms with E-state index in [1.807, 2.05) is 30.3 Å². The number of hydrogen-bond donors (Lipinski definition) is 0. The molecule has 2 aromatic rings. The van der Waals surface area contributed by atoms with Gasteiger partial charge in [0, 0.05) is 31.2 Å². The average molecular weight is 360 g/mol. The molecular formula is C20H24O6. The van der Waals surface area contributed by atoms with E-state index in [0.29, 0.717) is 23.7 Å². The van der Waals surface area contributed by atoms with Crippen molar-refractivity contribution < 1.29 is 28.4 Å². The Labute approximate surface area is 153 Å². The lowest BCUT2D eigenvalue weighted by molar-refractivity contribution is -0.0122. The second-order valence-corrected chi connectivity index (χ2v) is 5.94. The molecule has 0 spiro atoms. The van der Waals surface area contributed by atoms with Crippen molar-refractivity contribution >= 4 is 0 Å². The predicted octanol–water partition coefficient (Wildman–Crippen LogP) is 3.41. The molecule has 26 heavy (non-hydrogen) atoms. The van der Waals surface area contributed by atoms with Gasteiger partial charge in [0.25, 0.3) is 0 Å². The lowest BCUT2D eigenvalue weighted by Gasteiger charge is -2.34. The fourth-order valence-electron chi connectivity index (χ4n) is 3.24. The van der Waals surface area contributed by atoms with Crippen LogP contribution in [0.4, 0.5) is 0 Å². The first-order valence-corrected chi connectivity index (χ1v) is 8.31. The topological polar surface area (TPSA) is 55.4 Å². The molecule has 0 bridgehead atoms. The lowest BCUT2D eigenvalue weighted by atomic mass is 9.93. The van der Waals surface area contributed by atoms with Crippen LogP contribution in [0.5, 0.6) is 28.7 Å². The zero-order valence-electron chi connectivity index (χ0n) is 15.7. The van der Waals surface area contributed by atoms with Crippen LogP contribution in [0.1, 0.15) is 17.2 Å². The maximum Gasteiger partial charge on any atom is 0.161 e. The SMILES string of the molecule is COc1cc(OC)c2c(c1)OC(c1ccc(OC)c(OC)c1)[C@H](OC)C2. The third-order valence-electron chi connectivity index (χ3n) is 4.63. The molecule has 0 radical (unpaired) electrons. The van der Waals surface area contributed by atoms with E-state index < -0.39 is 0 Å². The van der Waals surface area contributed by atoms with Crippen molar-refractivity contribution in [3.05, 3.63) is 41.5 Å². The van der Waals surface area contributed by atoms with Crippen LogP contribution in [0.15, 0.2) is 30.3 Å². The summed E-state index contributed by atoms with van der Waals surface area (Å²) >= 11 is 0. The molecule has 3 rings (SSSR count). The van der Waals surface area contributed by atoms with Crippen LogP contribution in [0.2, 0.25) is 0 Å². The molecule has 0 fully saturated rings. The van der Waals surface area contributed by atoms with Crippen LogP contribution in [0.3, 0.4) is 0 Å². The summed E-state index contributed by atoms with van der Waals surface area (Å²) in [7, 11) is 8.16. The normalized spacial score (nSPS) is 18.5. The first-order chi connectivity index (χ1) is 12.6. The van der Waals surface area contributed by atoms with E-state index in [1.165, 1.54) is 0 Å². The Hall–Kier alpha value is -2.60. The Bertz CT molecular complexity index is 773. The molecule has 1 heterocycles. The lowest BCUT2D eigenvalue weighted by Crippen LogP contribution is -2.32. The van der Waals surface area contributed by atoms with Crippen molar-refractivity contribution in [2.75, 3.05) is 35.5 Å². The summed E-state index contributed by atoms with van der Waals surface area (Å²) in [5.74, 6) is 3.46. The summed E-state index contributed by atoms with van der Waals surface area (Å²) in [6, 6.07) is 9.47. The van der Waals surface area contributed by atoms with Crippen LogP contribution in [-0.4, -0.2) is 41.7 Å². The van der Waals surface area contributed by atoms with Crippen LogP contribution in [-0.2, 0) is 11.2 Å². The molecule has 0 saturated heterocycles. The molecular weight excluding hydrogens is 336 g/mol. The summed E-state index contributed by atoms with van der Waals surface area (Å²) in [6.07, 6.45) is 0.213. The van der Waals surface area contributed by atoms with Gasteiger partial charge in [-0.05, 0) is 17.7 Å². The third kappa shape index (κ3) is 3.24. The number of hydrogen-bond acceptors (Lipinski definition) is 6. The van der Waals surface area contributed by atoms with Gasteiger partial charge in [0.05, 0.1) is 28.4 Å². The van der Waals surface area contributed by atoms with Crippen molar-refractivity contribution in [1.82, 2.24) is 0 Å². The minimum Gasteiger partial charge on any atom is -0.496 e. The van der Waals surface area contributed by atoms with Gasteiger partial charge in [-0.25, -0.2) is 0 Å². The molecule has 0 saturated carbocycles. The van der Waals surface area contributed by atoms with E-state index in [9.17, 15) is 0 Å². The molecule has 6 heteroatoms. The summed E-state index contributed by atoms with van der Waals surface area (Å²) in [5.41, 5.74) is 1.92. The van der Waals surface area contributed by atoms with Crippen LogP contribution in [0.25, 0.3) is 0 Å². The number of ether oxygens (including phenoxy) is 6. The molecule has 6 nitrogen and oxygen atoms in total. The van der Waals surface area contributed by atoms with Crippen molar-refractivity contribution in [2.45, 2.75) is 18.6 Å². The first-order valence-electron chi connectivity index (χ1n) is 8.31. The van der Waals surface area contributed by atoms with Gasteiger partial charge in [-0.1, -0.05) is 6.07 Å². The molecule has 0 aromatic heterocycles. The standard InChI is InChI=1S/C20H24O6/c1-21-13-9-16(23-3)14-11-19(25-5)20(26-17(14)10-13)12-6-7-15(22-2)18(8-12)24-4/h6-10,19-20H,11H2,1-5H3/t19-,20?/m1/s1. The summed E-state index contributed by atoms with van der Waals surface area (Å²) in [6.45, 7) is 0. The number of methoxy groups -OCH3 is 5. The minimum absolute atomic E-state index is 0.164. The highest BCUT2D eigenvalue weighted by Crippen LogP contribution is 2.44. The highest BCUT2D eigenvalue weighted by Gasteiger charge is 2.34. The van der Waals surface area contributed by atoms with Crippen LogP contribution >= 0.6 is 0 Å². The van der Waals surface area contributed by atoms with E-state index in [2.05, 4.69) is 0 Å². The van der Waals surface area contributed by atoms with E-state index in [0.717, 1.165) is 22.6 Å². The third-order valence-corrected chi connectivity index (χ3v) is 4.63. The van der Waals surface area contributed by atoms with Crippen molar-refractivity contribution in [3.8, 4) is 28.7 Å². The average Bonchev–Trinajstić information content (AvgIpc) is 2.71. The Morgan fingerprint density at radius 2 is 1.54 bits per heavy atom. The Morgan fingerprint density at radius 3 is 2.15 bits per heavy atom. The molecule has 2 atom stereocenters. The molecule has 140 valence electrons. The molecule has 0 amide bonds. The summed E-state index contributed by atoms with van der Waals surface area (Å²) in [5, 5.41) is 0. The first kappa shape index (κ1) is 18.2.